The molecule has 0 aliphatic carbocycles. The van der Waals surface area contributed by atoms with Gasteiger partial charge in [0, 0.05) is 37.1 Å². The second-order valence-corrected chi connectivity index (χ2v) is 5.29. The van der Waals surface area contributed by atoms with Crippen molar-refractivity contribution in [3.63, 3.8) is 0 Å². The Labute approximate surface area is 111 Å². The Morgan fingerprint density at radius 1 is 1.39 bits per heavy atom. The average molecular weight is 259 g/mol. The molecule has 0 radical (unpaired) electrons. The number of thiazole rings is 1. The smallest absolute Gasteiger partial charge is 0.0794 e. The molecule has 0 fully saturated rings. The lowest BCUT2D eigenvalue weighted by molar-refractivity contribution is 0.681. The first-order chi connectivity index (χ1) is 8.92. The van der Waals surface area contributed by atoms with Gasteiger partial charge in [-0.2, -0.15) is 0 Å². The molecule has 4 heteroatoms. The van der Waals surface area contributed by atoms with Gasteiger partial charge in [-0.05, 0) is 23.6 Å². The fourth-order valence-electron chi connectivity index (χ4n) is 2.28. The van der Waals surface area contributed by atoms with Crippen molar-refractivity contribution in [2.45, 2.75) is 19.4 Å². The van der Waals surface area contributed by atoms with Crippen molar-refractivity contribution in [1.29, 1.82) is 0 Å². The first-order valence-corrected chi connectivity index (χ1v) is 7.29. The molecule has 0 bridgehead atoms. The van der Waals surface area contributed by atoms with Crippen molar-refractivity contribution >= 4 is 17.0 Å². The molecule has 2 aromatic rings. The minimum Gasteiger partial charge on any atom is -0.384 e. The number of hydrogen-bond acceptors (Lipinski definition) is 4. The number of fused-ring (bicyclic) bond motifs is 1. The summed E-state index contributed by atoms with van der Waals surface area (Å²) >= 11 is 1.66. The molecule has 94 valence electrons. The van der Waals surface area contributed by atoms with Gasteiger partial charge in [-0.3, -0.25) is 0 Å². The Morgan fingerprint density at radius 2 is 2.39 bits per heavy atom. The van der Waals surface area contributed by atoms with Crippen LogP contribution in [0.3, 0.4) is 0 Å². The zero-order valence-corrected chi connectivity index (χ0v) is 11.1. The molecule has 3 rings (SSSR count). The highest BCUT2D eigenvalue weighted by Gasteiger charge is 2.09. The van der Waals surface area contributed by atoms with E-state index in [1.54, 1.807) is 11.3 Å². The molecule has 0 atom stereocenters. The van der Waals surface area contributed by atoms with Crippen LogP contribution in [-0.4, -0.2) is 18.1 Å². The van der Waals surface area contributed by atoms with Gasteiger partial charge in [0.05, 0.1) is 11.2 Å². The fourth-order valence-corrected chi connectivity index (χ4v) is 2.87. The van der Waals surface area contributed by atoms with Crippen LogP contribution in [0.5, 0.6) is 0 Å². The molecule has 1 aromatic carbocycles. The van der Waals surface area contributed by atoms with E-state index in [2.05, 4.69) is 39.2 Å². The predicted octanol–water partition coefficient (Wildman–Crippen LogP) is 2.44. The van der Waals surface area contributed by atoms with Crippen LogP contribution >= 0.6 is 11.3 Å². The van der Waals surface area contributed by atoms with Gasteiger partial charge in [0.15, 0.2) is 0 Å². The summed E-state index contributed by atoms with van der Waals surface area (Å²) in [5.41, 5.74) is 7.21. The first kappa shape index (κ1) is 11.7. The van der Waals surface area contributed by atoms with Gasteiger partial charge < -0.3 is 10.6 Å². The van der Waals surface area contributed by atoms with Crippen LogP contribution in [0.2, 0.25) is 0 Å². The van der Waals surface area contributed by atoms with Crippen molar-refractivity contribution in [1.82, 2.24) is 10.3 Å². The van der Waals surface area contributed by atoms with Crippen molar-refractivity contribution in [3.8, 4) is 0 Å². The molecule has 0 saturated heterocycles. The largest absolute Gasteiger partial charge is 0.384 e. The number of nitrogens with zero attached hydrogens (tertiary/aromatic N) is 1. The van der Waals surface area contributed by atoms with Crippen molar-refractivity contribution in [2.24, 2.45) is 0 Å². The highest BCUT2D eigenvalue weighted by molar-refractivity contribution is 7.07. The second-order valence-electron chi connectivity index (χ2n) is 4.57. The van der Waals surface area contributed by atoms with Crippen LogP contribution in [0.15, 0.2) is 29.1 Å². The van der Waals surface area contributed by atoms with Crippen LogP contribution < -0.4 is 10.6 Å². The maximum Gasteiger partial charge on any atom is 0.0794 e. The molecule has 2 N–H and O–H groups in total. The lowest BCUT2D eigenvalue weighted by atomic mass is 10.1. The van der Waals surface area contributed by atoms with E-state index in [-0.39, 0.29) is 0 Å². The molecule has 3 nitrogen and oxygen atoms in total. The van der Waals surface area contributed by atoms with E-state index < -0.39 is 0 Å². The third-order valence-electron chi connectivity index (χ3n) is 3.25. The van der Waals surface area contributed by atoms with Gasteiger partial charge in [0.25, 0.3) is 0 Å². The standard InChI is InChI=1S/C14H17N3S/c1-2-14-12(3-6-16-14)7-11(1)8-15-5-4-13-9-18-10-17-13/h1-2,7,9-10,15-16H,3-6,8H2. The summed E-state index contributed by atoms with van der Waals surface area (Å²) < 4.78 is 0. The summed E-state index contributed by atoms with van der Waals surface area (Å²) in [6.45, 7) is 3.01. The number of benzene rings is 1. The summed E-state index contributed by atoms with van der Waals surface area (Å²) in [5.74, 6) is 0. The number of nitrogens with one attached hydrogen (secondary N) is 2. The molecule has 1 aromatic heterocycles. The fraction of sp³-hybridized carbons (Fsp3) is 0.357. The molecule has 18 heavy (non-hydrogen) atoms. The molecule has 0 amide bonds. The van der Waals surface area contributed by atoms with Crippen molar-refractivity contribution in [2.75, 3.05) is 18.4 Å². The zero-order chi connectivity index (χ0) is 12.2. The highest BCUT2D eigenvalue weighted by Crippen LogP contribution is 2.22. The van der Waals surface area contributed by atoms with E-state index in [0.29, 0.717) is 0 Å². The van der Waals surface area contributed by atoms with Gasteiger partial charge in [-0.1, -0.05) is 12.1 Å². The maximum atomic E-state index is 4.28. The second kappa shape index (κ2) is 5.50. The van der Waals surface area contributed by atoms with Gasteiger partial charge in [-0.15, -0.1) is 11.3 Å². The van der Waals surface area contributed by atoms with E-state index in [0.717, 1.165) is 32.5 Å². The molecular weight excluding hydrogens is 242 g/mol. The van der Waals surface area contributed by atoms with Crippen LogP contribution in [0.1, 0.15) is 16.8 Å². The number of hydrogen-bond donors (Lipinski definition) is 2. The molecule has 1 aliphatic rings. The summed E-state index contributed by atoms with van der Waals surface area (Å²) in [6.07, 6.45) is 2.16. The van der Waals surface area contributed by atoms with Gasteiger partial charge >= 0.3 is 0 Å². The van der Waals surface area contributed by atoms with Crippen molar-refractivity contribution in [3.05, 3.63) is 45.9 Å². The quantitative estimate of drug-likeness (QED) is 0.810. The lowest BCUT2D eigenvalue weighted by Crippen LogP contribution is -2.16. The average Bonchev–Trinajstić information content (AvgIpc) is 3.05. The Balaban J connectivity index is 1.48. The molecular formula is C14H17N3S. The summed E-state index contributed by atoms with van der Waals surface area (Å²) in [7, 11) is 0. The molecule has 1 aliphatic heterocycles. The molecule has 0 spiro atoms. The van der Waals surface area contributed by atoms with E-state index in [4.69, 9.17) is 0 Å². The van der Waals surface area contributed by atoms with E-state index in [9.17, 15) is 0 Å². The van der Waals surface area contributed by atoms with Crippen LogP contribution in [0.25, 0.3) is 0 Å². The van der Waals surface area contributed by atoms with Crippen molar-refractivity contribution < 1.29 is 0 Å². The van der Waals surface area contributed by atoms with Crippen LogP contribution in [0, 0.1) is 0 Å². The molecule has 2 heterocycles. The summed E-state index contributed by atoms with van der Waals surface area (Å²) in [6, 6.07) is 6.71. The van der Waals surface area contributed by atoms with E-state index in [1.807, 2.05) is 5.51 Å². The maximum absolute atomic E-state index is 4.28. The van der Waals surface area contributed by atoms with Gasteiger partial charge in [0.1, 0.15) is 0 Å². The Morgan fingerprint density at radius 3 is 3.28 bits per heavy atom. The minimum absolute atomic E-state index is 0.942. The molecule has 0 saturated carbocycles. The zero-order valence-electron chi connectivity index (χ0n) is 10.3. The Hall–Kier alpha value is -1.39. The van der Waals surface area contributed by atoms with Crippen LogP contribution in [-0.2, 0) is 19.4 Å². The number of anilines is 1. The predicted molar refractivity (Wildman–Crippen MR) is 76.2 cm³/mol. The number of rotatable bonds is 5. The summed E-state index contributed by atoms with van der Waals surface area (Å²) in [4.78, 5) is 4.28. The minimum atomic E-state index is 0.942. The Bertz CT molecular complexity index is 508. The topological polar surface area (TPSA) is 37.0 Å². The third kappa shape index (κ3) is 2.71. The van der Waals surface area contributed by atoms with E-state index >= 15 is 0 Å². The van der Waals surface area contributed by atoms with Gasteiger partial charge in [0.2, 0.25) is 0 Å². The summed E-state index contributed by atoms with van der Waals surface area (Å²) in [5, 5.41) is 8.97. The highest BCUT2D eigenvalue weighted by atomic mass is 32.1. The van der Waals surface area contributed by atoms with E-state index in [1.165, 1.54) is 22.5 Å². The third-order valence-corrected chi connectivity index (χ3v) is 3.89. The normalized spacial score (nSPS) is 13.3. The lowest BCUT2D eigenvalue weighted by Gasteiger charge is -2.06. The SMILES string of the molecule is c1nc(CCNCc2ccc3c(c2)CCN3)cs1. The first-order valence-electron chi connectivity index (χ1n) is 6.35. The van der Waals surface area contributed by atoms with Gasteiger partial charge in [-0.25, -0.2) is 4.98 Å². The number of aromatic nitrogens is 1. The molecule has 0 unspecified atom stereocenters. The van der Waals surface area contributed by atoms with Crippen LogP contribution in [0.4, 0.5) is 5.69 Å². The monoisotopic (exact) mass is 259 g/mol. The Kier molecular flexibility index (Phi) is 3.57.